The molecule has 3 heterocycles. The van der Waals surface area contributed by atoms with Crippen molar-refractivity contribution in [2.75, 3.05) is 39.0 Å². The molecular formula is C24H31N5O5S. The summed E-state index contributed by atoms with van der Waals surface area (Å²) in [5.41, 5.74) is 2.07. The van der Waals surface area contributed by atoms with Crippen LogP contribution in [0.3, 0.4) is 0 Å². The van der Waals surface area contributed by atoms with Gasteiger partial charge in [0, 0.05) is 39.0 Å². The Hall–Kier alpha value is -3.05. The van der Waals surface area contributed by atoms with Crippen LogP contribution in [0.4, 0.5) is 4.79 Å². The summed E-state index contributed by atoms with van der Waals surface area (Å²) in [6.07, 6.45) is 0.682. The number of likely N-dealkylation sites (tertiary alicyclic amines) is 2. The zero-order valence-corrected chi connectivity index (χ0v) is 21.0. The van der Waals surface area contributed by atoms with E-state index in [-0.39, 0.29) is 17.1 Å². The van der Waals surface area contributed by atoms with E-state index in [4.69, 9.17) is 0 Å². The lowest BCUT2D eigenvalue weighted by Gasteiger charge is -2.24. The van der Waals surface area contributed by atoms with Gasteiger partial charge in [-0.25, -0.2) is 23.2 Å². The summed E-state index contributed by atoms with van der Waals surface area (Å²) in [5, 5.41) is 11.6. The number of nitrogens with zero attached hydrogens (tertiary/aromatic N) is 4. The third kappa shape index (κ3) is 5.62. The number of aromatic nitrogens is 2. The van der Waals surface area contributed by atoms with Crippen molar-refractivity contribution in [2.24, 2.45) is 11.8 Å². The summed E-state index contributed by atoms with van der Waals surface area (Å²) in [4.78, 5) is 36.8. The van der Waals surface area contributed by atoms with E-state index < -0.39 is 15.9 Å². The zero-order chi connectivity index (χ0) is 25.3. The molecular weight excluding hydrogens is 470 g/mol. The first-order valence-electron chi connectivity index (χ1n) is 11.6. The number of nitrogens with one attached hydrogen (secondary N) is 1. The standard InChI is InChI=1S/C24H31N5O5S/c1-15-21(16(2)26-23(25-15)35(3,33)34)22(30)29-13-18-11-28(12-19(18)14-29)10-9-20(27-24(31)32)17-7-5-4-6-8-17/h4-8,18-20,27H,9-14H2,1-3H3,(H,31,32)/t18-,19?,20?/m0/s1. The van der Waals surface area contributed by atoms with Crippen LogP contribution in [0.5, 0.6) is 0 Å². The molecule has 0 saturated carbocycles. The summed E-state index contributed by atoms with van der Waals surface area (Å²) >= 11 is 0. The van der Waals surface area contributed by atoms with Crippen molar-refractivity contribution in [3.05, 3.63) is 52.8 Å². The minimum Gasteiger partial charge on any atom is -0.465 e. The molecule has 4 rings (SSSR count). The molecule has 2 N–H and O–H groups in total. The van der Waals surface area contributed by atoms with Gasteiger partial charge in [-0.05, 0) is 37.7 Å². The van der Waals surface area contributed by atoms with E-state index in [1.807, 2.05) is 35.2 Å². The van der Waals surface area contributed by atoms with Crippen LogP contribution in [0.2, 0.25) is 0 Å². The van der Waals surface area contributed by atoms with Crippen LogP contribution in [0.25, 0.3) is 0 Å². The lowest BCUT2D eigenvalue weighted by atomic mass is 10.0. The Morgan fingerprint density at radius 2 is 1.63 bits per heavy atom. The maximum atomic E-state index is 13.3. The Labute approximate surface area is 205 Å². The van der Waals surface area contributed by atoms with Gasteiger partial charge in [-0.3, -0.25) is 4.79 Å². The molecule has 2 aliphatic heterocycles. The average molecular weight is 502 g/mol. The highest BCUT2D eigenvalue weighted by Crippen LogP contribution is 2.33. The van der Waals surface area contributed by atoms with Crippen molar-refractivity contribution in [1.29, 1.82) is 0 Å². The van der Waals surface area contributed by atoms with Crippen molar-refractivity contribution in [3.63, 3.8) is 0 Å². The first kappa shape index (κ1) is 25.1. The summed E-state index contributed by atoms with van der Waals surface area (Å²) in [7, 11) is -3.55. The molecule has 11 heteroatoms. The van der Waals surface area contributed by atoms with Crippen molar-refractivity contribution < 1.29 is 23.1 Å². The molecule has 2 fully saturated rings. The fourth-order valence-corrected chi connectivity index (χ4v) is 5.83. The van der Waals surface area contributed by atoms with Crippen molar-refractivity contribution in [2.45, 2.75) is 31.5 Å². The van der Waals surface area contributed by atoms with Crippen LogP contribution in [-0.4, -0.2) is 84.3 Å². The molecule has 2 aliphatic rings. The lowest BCUT2D eigenvalue weighted by Crippen LogP contribution is -2.35. The highest BCUT2D eigenvalue weighted by atomic mass is 32.2. The predicted octanol–water partition coefficient (Wildman–Crippen LogP) is 1.90. The molecule has 2 unspecified atom stereocenters. The van der Waals surface area contributed by atoms with Crippen LogP contribution < -0.4 is 5.32 Å². The molecule has 35 heavy (non-hydrogen) atoms. The molecule has 188 valence electrons. The Morgan fingerprint density at radius 3 is 2.14 bits per heavy atom. The average Bonchev–Trinajstić information content (AvgIpc) is 3.35. The Morgan fingerprint density at radius 1 is 1.06 bits per heavy atom. The Balaban J connectivity index is 1.36. The van der Waals surface area contributed by atoms with E-state index in [1.54, 1.807) is 13.8 Å². The molecule has 2 amide bonds. The van der Waals surface area contributed by atoms with Gasteiger partial charge in [0.1, 0.15) is 0 Å². The smallest absolute Gasteiger partial charge is 0.405 e. The van der Waals surface area contributed by atoms with Crippen molar-refractivity contribution in [1.82, 2.24) is 25.1 Å². The Kier molecular flexibility index (Phi) is 7.09. The molecule has 3 atom stereocenters. The van der Waals surface area contributed by atoms with Gasteiger partial charge < -0.3 is 20.2 Å². The molecule has 1 aromatic carbocycles. The summed E-state index contributed by atoms with van der Waals surface area (Å²) < 4.78 is 23.6. The number of carbonyl (C=O) groups is 2. The normalized spacial score (nSPS) is 21.1. The third-order valence-corrected chi connectivity index (χ3v) is 7.72. The quantitative estimate of drug-likeness (QED) is 0.550. The highest BCUT2D eigenvalue weighted by Gasteiger charge is 2.42. The van der Waals surface area contributed by atoms with Gasteiger partial charge in [-0.15, -0.1) is 0 Å². The number of fused-ring (bicyclic) bond motifs is 1. The number of sulfone groups is 1. The van der Waals surface area contributed by atoms with Crippen LogP contribution in [-0.2, 0) is 9.84 Å². The fraction of sp³-hybridized carbons (Fsp3) is 0.500. The van der Waals surface area contributed by atoms with Crippen molar-refractivity contribution in [3.8, 4) is 0 Å². The van der Waals surface area contributed by atoms with Gasteiger partial charge in [0.15, 0.2) is 0 Å². The number of carboxylic acid groups (broad SMARTS) is 1. The second-order valence-corrected chi connectivity index (χ2v) is 11.4. The number of hydrogen-bond donors (Lipinski definition) is 2. The summed E-state index contributed by atoms with van der Waals surface area (Å²) in [5.74, 6) is 0.535. The third-order valence-electron chi connectivity index (χ3n) is 6.88. The molecule has 1 aromatic heterocycles. The second kappa shape index (κ2) is 9.90. The van der Waals surface area contributed by atoms with Crippen LogP contribution in [0, 0.1) is 25.7 Å². The zero-order valence-electron chi connectivity index (χ0n) is 20.1. The monoisotopic (exact) mass is 501 g/mol. The maximum absolute atomic E-state index is 13.3. The topological polar surface area (TPSA) is 133 Å². The second-order valence-electron chi connectivity index (χ2n) is 9.52. The van der Waals surface area contributed by atoms with E-state index in [0.29, 0.717) is 48.3 Å². The van der Waals surface area contributed by atoms with Gasteiger partial charge in [-0.1, -0.05) is 30.3 Å². The van der Waals surface area contributed by atoms with Crippen molar-refractivity contribution >= 4 is 21.8 Å². The number of amides is 2. The number of carbonyl (C=O) groups excluding carboxylic acids is 1. The van der Waals surface area contributed by atoms with Crippen LogP contribution in [0.15, 0.2) is 35.5 Å². The van der Waals surface area contributed by atoms with Gasteiger partial charge in [0.25, 0.3) is 5.91 Å². The predicted molar refractivity (Wildman–Crippen MR) is 129 cm³/mol. The van der Waals surface area contributed by atoms with Gasteiger partial charge in [0.05, 0.1) is 23.0 Å². The molecule has 2 saturated heterocycles. The first-order chi connectivity index (χ1) is 16.5. The molecule has 0 radical (unpaired) electrons. The lowest BCUT2D eigenvalue weighted by molar-refractivity contribution is 0.0771. The largest absolute Gasteiger partial charge is 0.465 e. The summed E-state index contributed by atoms with van der Waals surface area (Å²) in [6.45, 7) is 7.01. The Bertz CT molecular complexity index is 1180. The molecule has 0 bridgehead atoms. The first-order valence-corrected chi connectivity index (χ1v) is 13.5. The SMILES string of the molecule is Cc1nc(S(C)(=O)=O)nc(C)c1C(=O)N1CC2CN(CCC(NC(=O)O)c3ccccc3)C[C@H]2C1. The van der Waals surface area contributed by atoms with Crippen LogP contribution >= 0.6 is 0 Å². The molecule has 0 spiro atoms. The number of hydrogen-bond acceptors (Lipinski definition) is 7. The number of benzene rings is 1. The molecule has 10 nitrogen and oxygen atoms in total. The van der Waals surface area contributed by atoms with E-state index in [1.165, 1.54) is 0 Å². The minimum absolute atomic E-state index is 0.157. The fourth-order valence-electron chi connectivity index (χ4n) is 5.23. The van der Waals surface area contributed by atoms with E-state index in [9.17, 15) is 23.1 Å². The van der Waals surface area contributed by atoms with Gasteiger partial charge in [0.2, 0.25) is 15.0 Å². The van der Waals surface area contributed by atoms with Gasteiger partial charge in [-0.2, -0.15) is 0 Å². The number of aryl methyl sites for hydroxylation is 2. The van der Waals surface area contributed by atoms with E-state index in [2.05, 4.69) is 20.2 Å². The molecule has 2 aromatic rings. The highest BCUT2D eigenvalue weighted by molar-refractivity contribution is 7.90. The van der Waals surface area contributed by atoms with E-state index >= 15 is 0 Å². The van der Waals surface area contributed by atoms with Gasteiger partial charge >= 0.3 is 6.09 Å². The maximum Gasteiger partial charge on any atom is 0.405 e. The van der Waals surface area contributed by atoms with E-state index in [0.717, 1.165) is 31.5 Å². The number of rotatable bonds is 7. The molecule has 0 aliphatic carbocycles. The summed E-state index contributed by atoms with van der Waals surface area (Å²) in [6, 6.07) is 9.30. The van der Waals surface area contributed by atoms with Crippen LogP contribution in [0.1, 0.15) is 39.8 Å². The minimum atomic E-state index is -3.55.